The molecule has 1 atom stereocenters. The van der Waals surface area contributed by atoms with E-state index in [2.05, 4.69) is 42.7 Å². The van der Waals surface area contributed by atoms with Crippen molar-refractivity contribution in [3.05, 3.63) is 24.3 Å². The highest BCUT2D eigenvalue weighted by atomic mass is 31.2. The Morgan fingerprint density at radius 2 is 0.857 bits per heavy atom. The first-order valence-corrected chi connectivity index (χ1v) is 21.7. The molecule has 0 rings (SSSR count). The second-order valence-electron chi connectivity index (χ2n) is 13.6. The molecule has 0 aliphatic carbocycles. The first-order chi connectivity index (χ1) is 23.8. The van der Waals surface area contributed by atoms with Crippen molar-refractivity contribution in [3.8, 4) is 0 Å². The number of phosphoric ester groups is 1. The van der Waals surface area contributed by atoms with Crippen molar-refractivity contribution in [3.63, 3.8) is 0 Å². The average Bonchev–Trinajstić information content (AvgIpc) is 3.07. The largest absolute Gasteiger partial charge is 0.469 e. The molecule has 0 fully saturated rings. The maximum Gasteiger partial charge on any atom is 0.469 e. The van der Waals surface area contributed by atoms with Crippen LogP contribution in [-0.4, -0.2) is 41.0 Å². The van der Waals surface area contributed by atoms with Gasteiger partial charge in [-0.3, -0.25) is 14.1 Å². The van der Waals surface area contributed by atoms with Crippen molar-refractivity contribution in [1.29, 1.82) is 0 Å². The maximum atomic E-state index is 12.4. The number of carbonyl (C=O) groups is 2. The van der Waals surface area contributed by atoms with Crippen LogP contribution < -0.4 is 0 Å². The van der Waals surface area contributed by atoms with Crippen molar-refractivity contribution in [2.45, 2.75) is 206 Å². The van der Waals surface area contributed by atoms with Crippen molar-refractivity contribution >= 4 is 19.8 Å². The molecule has 0 aliphatic heterocycles. The zero-order valence-corrected chi connectivity index (χ0v) is 32.5. The zero-order chi connectivity index (χ0) is 36.1. The molecule has 0 radical (unpaired) electrons. The van der Waals surface area contributed by atoms with E-state index in [9.17, 15) is 14.2 Å². The van der Waals surface area contributed by atoms with Crippen LogP contribution in [0.2, 0.25) is 0 Å². The van der Waals surface area contributed by atoms with E-state index in [1.807, 2.05) is 0 Å². The van der Waals surface area contributed by atoms with E-state index in [1.54, 1.807) is 0 Å². The lowest BCUT2D eigenvalue weighted by Gasteiger charge is -2.18. The second-order valence-corrected chi connectivity index (χ2v) is 14.8. The van der Waals surface area contributed by atoms with E-state index in [4.69, 9.17) is 19.3 Å². The summed E-state index contributed by atoms with van der Waals surface area (Å²) in [5, 5.41) is 0. The summed E-state index contributed by atoms with van der Waals surface area (Å²) < 4.78 is 26.3. The summed E-state index contributed by atoms with van der Waals surface area (Å²) in [5.41, 5.74) is 0. The molecule has 0 aliphatic rings. The Kier molecular flexibility index (Phi) is 35.2. The van der Waals surface area contributed by atoms with E-state index < -0.39 is 32.5 Å². The SMILES string of the molecule is CCCCC/C=C\CCCCCCCC(=O)OCC(COP(=O)(O)O)OC(=O)CCCCCCCCCCC/C=C\CCCCCCCC. The molecule has 0 aromatic heterocycles. The molecular weight excluding hydrogens is 639 g/mol. The van der Waals surface area contributed by atoms with E-state index >= 15 is 0 Å². The summed E-state index contributed by atoms with van der Waals surface area (Å²) in [7, 11) is -4.75. The van der Waals surface area contributed by atoms with Gasteiger partial charge in [0, 0.05) is 12.8 Å². The van der Waals surface area contributed by atoms with Crippen LogP contribution in [0.1, 0.15) is 200 Å². The quantitative estimate of drug-likeness (QED) is 0.0282. The lowest BCUT2D eigenvalue weighted by Crippen LogP contribution is -2.29. The van der Waals surface area contributed by atoms with E-state index in [1.165, 1.54) is 109 Å². The highest BCUT2D eigenvalue weighted by Crippen LogP contribution is 2.36. The molecule has 1 unspecified atom stereocenters. The Bertz CT molecular complexity index is 853. The Balaban J connectivity index is 3.91. The molecule has 49 heavy (non-hydrogen) atoms. The summed E-state index contributed by atoms with van der Waals surface area (Å²) in [6, 6.07) is 0. The predicted molar refractivity (Wildman–Crippen MR) is 202 cm³/mol. The summed E-state index contributed by atoms with van der Waals surface area (Å²) in [5.74, 6) is -0.893. The van der Waals surface area contributed by atoms with E-state index in [0.717, 1.165) is 51.4 Å². The summed E-state index contributed by atoms with van der Waals surface area (Å²) in [6.45, 7) is 3.65. The third kappa shape index (κ3) is 39.2. The maximum absolute atomic E-state index is 12.4. The van der Waals surface area contributed by atoms with Crippen LogP contribution in [-0.2, 0) is 28.2 Å². The minimum Gasteiger partial charge on any atom is -0.462 e. The molecule has 8 nitrogen and oxygen atoms in total. The van der Waals surface area contributed by atoms with Gasteiger partial charge >= 0.3 is 19.8 Å². The molecule has 0 heterocycles. The first kappa shape index (κ1) is 47.5. The number of allylic oxidation sites excluding steroid dienone is 4. The number of hydrogen-bond acceptors (Lipinski definition) is 6. The van der Waals surface area contributed by atoms with Crippen LogP contribution in [0.25, 0.3) is 0 Å². The lowest BCUT2D eigenvalue weighted by atomic mass is 10.1. The Morgan fingerprint density at radius 1 is 0.510 bits per heavy atom. The predicted octanol–water partition coefficient (Wildman–Crippen LogP) is 12.0. The van der Waals surface area contributed by atoms with Gasteiger partial charge in [-0.15, -0.1) is 0 Å². The normalized spacial score (nSPS) is 12.7. The van der Waals surface area contributed by atoms with Crippen molar-refractivity contribution < 1.29 is 37.9 Å². The number of esters is 2. The highest BCUT2D eigenvalue weighted by Gasteiger charge is 2.22. The minimum atomic E-state index is -4.75. The van der Waals surface area contributed by atoms with Crippen LogP contribution in [0.4, 0.5) is 0 Å². The van der Waals surface area contributed by atoms with Crippen molar-refractivity contribution in [2.24, 2.45) is 0 Å². The Hall–Kier alpha value is -1.47. The zero-order valence-electron chi connectivity index (χ0n) is 31.6. The van der Waals surface area contributed by atoms with Crippen molar-refractivity contribution in [2.75, 3.05) is 13.2 Å². The van der Waals surface area contributed by atoms with Gasteiger partial charge in [-0.25, -0.2) is 4.57 Å². The molecule has 9 heteroatoms. The van der Waals surface area contributed by atoms with Gasteiger partial charge in [-0.1, -0.05) is 147 Å². The van der Waals surface area contributed by atoms with Gasteiger partial charge in [0.1, 0.15) is 6.61 Å². The van der Waals surface area contributed by atoms with Gasteiger partial charge in [0.25, 0.3) is 0 Å². The smallest absolute Gasteiger partial charge is 0.462 e. The molecule has 0 amide bonds. The second kappa shape index (κ2) is 36.3. The van der Waals surface area contributed by atoms with Crippen LogP contribution in [0.15, 0.2) is 24.3 Å². The van der Waals surface area contributed by atoms with Gasteiger partial charge in [0.2, 0.25) is 0 Å². The summed E-state index contributed by atoms with van der Waals surface area (Å²) >= 11 is 0. The minimum absolute atomic E-state index is 0.210. The molecule has 0 saturated heterocycles. The number of rotatable bonds is 37. The number of unbranched alkanes of at least 4 members (excludes halogenated alkanes) is 23. The fourth-order valence-corrected chi connectivity index (χ4v) is 6.02. The molecule has 0 aromatic rings. The number of carbonyl (C=O) groups excluding carboxylic acids is 2. The first-order valence-electron chi connectivity index (χ1n) is 20.1. The van der Waals surface area contributed by atoms with E-state index in [-0.39, 0.29) is 19.4 Å². The average molecular weight is 715 g/mol. The van der Waals surface area contributed by atoms with Crippen LogP contribution >= 0.6 is 7.82 Å². The molecule has 0 bridgehead atoms. The van der Waals surface area contributed by atoms with Gasteiger partial charge < -0.3 is 19.3 Å². The van der Waals surface area contributed by atoms with E-state index in [0.29, 0.717) is 12.8 Å². The molecule has 0 saturated carbocycles. The fraction of sp³-hybridized carbons (Fsp3) is 0.850. The molecule has 0 spiro atoms. The topological polar surface area (TPSA) is 119 Å². The molecule has 288 valence electrons. The van der Waals surface area contributed by atoms with Gasteiger partial charge in [0.05, 0.1) is 6.61 Å². The van der Waals surface area contributed by atoms with Crippen molar-refractivity contribution in [1.82, 2.24) is 0 Å². The third-order valence-electron chi connectivity index (χ3n) is 8.69. The summed E-state index contributed by atoms with van der Waals surface area (Å²) in [4.78, 5) is 42.7. The standard InChI is InChI=1S/C40H75O8P/c1-3-5-7-9-11-13-15-17-18-19-20-21-22-23-25-27-29-31-33-35-40(42)48-38(37-47-49(43,44)45)36-46-39(41)34-32-30-28-26-24-16-14-12-10-8-6-4-2/h12,14,17-18,38H,3-11,13,15-16,19-37H2,1-2H3,(H2,43,44,45)/b14-12-,18-17-. The van der Waals surface area contributed by atoms with Crippen LogP contribution in [0.5, 0.6) is 0 Å². The monoisotopic (exact) mass is 715 g/mol. The van der Waals surface area contributed by atoms with Crippen LogP contribution in [0.3, 0.4) is 0 Å². The Labute approximate surface area is 300 Å². The third-order valence-corrected chi connectivity index (χ3v) is 9.18. The Morgan fingerprint density at radius 3 is 1.29 bits per heavy atom. The number of hydrogen-bond donors (Lipinski definition) is 2. The molecule has 2 N–H and O–H groups in total. The molecular formula is C40H75O8P. The van der Waals surface area contributed by atoms with Gasteiger partial charge in [-0.05, 0) is 64.2 Å². The summed E-state index contributed by atoms with van der Waals surface area (Å²) in [6.07, 6.45) is 40.4. The van der Waals surface area contributed by atoms with Gasteiger partial charge in [0.15, 0.2) is 6.10 Å². The highest BCUT2D eigenvalue weighted by molar-refractivity contribution is 7.46. The van der Waals surface area contributed by atoms with Crippen LogP contribution in [0, 0.1) is 0 Å². The fourth-order valence-electron chi connectivity index (χ4n) is 5.66. The lowest BCUT2D eigenvalue weighted by molar-refractivity contribution is -0.161. The number of ether oxygens (including phenoxy) is 2. The molecule has 0 aromatic carbocycles. The number of phosphoric acid groups is 1. The van der Waals surface area contributed by atoms with Gasteiger partial charge in [-0.2, -0.15) is 0 Å².